The van der Waals surface area contributed by atoms with Crippen LogP contribution < -0.4 is 10.6 Å². The van der Waals surface area contributed by atoms with Gasteiger partial charge < -0.3 is 10.1 Å². The molecule has 4 rings (SSSR count). The molecule has 29 heavy (non-hydrogen) atoms. The number of halogens is 1. The van der Waals surface area contributed by atoms with Gasteiger partial charge in [0.2, 0.25) is 0 Å². The first-order valence-electron chi connectivity index (χ1n) is 9.66. The van der Waals surface area contributed by atoms with Gasteiger partial charge in [-0.3, -0.25) is 10.3 Å². The van der Waals surface area contributed by atoms with E-state index in [4.69, 9.17) is 9.73 Å². The van der Waals surface area contributed by atoms with Gasteiger partial charge in [0, 0.05) is 6.54 Å². The van der Waals surface area contributed by atoms with Crippen LogP contribution in [0.2, 0.25) is 0 Å². The van der Waals surface area contributed by atoms with E-state index in [9.17, 15) is 9.00 Å². The molecule has 0 radical (unpaired) electrons. The summed E-state index contributed by atoms with van der Waals surface area (Å²) in [4.78, 5) is 21.9. The number of aliphatic imine (C=N–C) groups is 1. The van der Waals surface area contributed by atoms with Crippen LogP contribution in [0.1, 0.15) is 53.2 Å². The summed E-state index contributed by atoms with van der Waals surface area (Å²) in [5.74, 6) is -0.0400. The van der Waals surface area contributed by atoms with Gasteiger partial charge in [-0.2, -0.15) is 0 Å². The number of anilines is 1. The standard InChI is InChI=1S/C19H26FN5O3S/c1-17(2)15-23-16(26)28-18(3,4)24-13-9-8-11(20)14(22-13)19(5,25-15)12-7-6-10-21-29(12,17)27/h8-9,12H,6-7,10H2,1-5H3,(H,22,24)(H,23,25,26)/t12?,19-,29?/m0/s1. The Labute approximate surface area is 169 Å². The number of carbonyl (C=O) groups is 1. The highest BCUT2D eigenvalue weighted by atomic mass is 32.2. The fourth-order valence-corrected chi connectivity index (χ4v) is 7.61. The van der Waals surface area contributed by atoms with E-state index in [0.717, 1.165) is 6.42 Å². The second-order valence-corrected chi connectivity index (χ2v) is 11.8. The number of carbonyl (C=O) groups excluding carboxylic acids is 1. The van der Waals surface area contributed by atoms with Crippen LogP contribution in [0.5, 0.6) is 0 Å². The van der Waals surface area contributed by atoms with Crippen molar-refractivity contribution in [2.75, 3.05) is 11.9 Å². The number of hydrogen-bond donors (Lipinski definition) is 2. The minimum absolute atomic E-state index is 0.0808. The quantitative estimate of drug-likeness (QED) is 0.667. The van der Waals surface area contributed by atoms with Crippen molar-refractivity contribution in [3.63, 3.8) is 0 Å². The average Bonchev–Trinajstić information content (AvgIpc) is 2.61. The van der Waals surface area contributed by atoms with Crippen LogP contribution in [-0.4, -0.2) is 43.4 Å². The van der Waals surface area contributed by atoms with Gasteiger partial charge in [0.15, 0.2) is 5.72 Å². The SMILES string of the molecule is CC1(C)Nc2ccc(F)c(n2)[C@@]2(C)N=C(NC(=O)O1)C(C)(C)S1(=O)=NCCCC21. The summed E-state index contributed by atoms with van der Waals surface area (Å²) in [6.45, 7) is 8.99. The lowest BCUT2D eigenvalue weighted by atomic mass is 9.89. The third-order valence-electron chi connectivity index (χ3n) is 5.89. The molecular formula is C19H26FN5O3S. The van der Waals surface area contributed by atoms with Crippen LogP contribution >= 0.6 is 0 Å². The van der Waals surface area contributed by atoms with Gasteiger partial charge in [0.25, 0.3) is 0 Å². The van der Waals surface area contributed by atoms with Crippen molar-refractivity contribution in [3.05, 3.63) is 23.6 Å². The summed E-state index contributed by atoms with van der Waals surface area (Å²) in [6, 6.07) is 2.78. The first-order valence-corrected chi connectivity index (χ1v) is 11.2. The highest BCUT2D eigenvalue weighted by Crippen LogP contribution is 2.47. The number of alkyl carbamates (subject to hydrolysis) is 1. The van der Waals surface area contributed by atoms with Gasteiger partial charge in [-0.05, 0) is 59.6 Å². The molecule has 0 aliphatic carbocycles. The van der Waals surface area contributed by atoms with Crippen molar-refractivity contribution in [3.8, 4) is 0 Å². The van der Waals surface area contributed by atoms with Gasteiger partial charge in [0.1, 0.15) is 33.5 Å². The fraction of sp³-hybridized carbons (Fsp3) is 0.632. The highest BCUT2D eigenvalue weighted by molar-refractivity contribution is 7.96. The monoisotopic (exact) mass is 423 g/mol. The molecule has 4 bridgehead atoms. The Hall–Kier alpha value is -2.23. The largest absolute Gasteiger partial charge is 0.423 e. The van der Waals surface area contributed by atoms with Crippen molar-refractivity contribution >= 4 is 27.5 Å². The number of rotatable bonds is 0. The van der Waals surface area contributed by atoms with E-state index in [0.29, 0.717) is 18.8 Å². The molecule has 10 heteroatoms. The molecule has 3 aliphatic rings. The zero-order valence-electron chi connectivity index (χ0n) is 17.2. The number of amidine groups is 1. The van der Waals surface area contributed by atoms with Gasteiger partial charge in [-0.1, -0.05) is 0 Å². The Morgan fingerprint density at radius 2 is 1.97 bits per heavy atom. The molecule has 158 valence electrons. The van der Waals surface area contributed by atoms with E-state index in [2.05, 4.69) is 20.0 Å². The number of amides is 1. The van der Waals surface area contributed by atoms with E-state index in [1.165, 1.54) is 12.1 Å². The lowest BCUT2D eigenvalue weighted by Crippen LogP contribution is -2.62. The van der Waals surface area contributed by atoms with Gasteiger partial charge in [-0.15, -0.1) is 0 Å². The number of cyclic esters (lactones) is 1. The lowest BCUT2D eigenvalue weighted by molar-refractivity contribution is 0.0623. The lowest BCUT2D eigenvalue weighted by Gasteiger charge is -2.48. The maximum atomic E-state index is 15.0. The minimum Gasteiger partial charge on any atom is -0.423 e. The summed E-state index contributed by atoms with van der Waals surface area (Å²) in [5.41, 5.74) is -2.29. The topological polar surface area (TPSA) is 105 Å². The number of ether oxygens (including phenoxy) is 1. The predicted molar refractivity (Wildman–Crippen MR) is 109 cm³/mol. The Bertz CT molecular complexity index is 1040. The molecule has 0 spiro atoms. The Balaban J connectivity index is 2.05. The molecule has 0 saturated heterocycles. The van der Waals surface area contributed by atoms with E-state index in [1.807, 2.05) is 0 Å². The molecule has 1 aromatic heterocycles. The zero-order chi connectivity index (χ0) is 21.2. The number of pyridine rings is 1. The maximum absolute atomic E-state index is 15.0. The highest BCUT2D eigenvalue weighted by Gasteiger charge is 2.57. The summed E-state index contributed by atoms with van der Waals surface area (Å²) in [5, 5.41) is 5.13. The van der Waals surface area contributed by atoms with E-state index < -0.39 is 42.9 Å². The van der Waals surface area contributed by atoms with Gasteiger partial charge >= 0.3 is 6.09 Å². The molecule has 1 aromatic rings. The van der Waals surface area contributed by atoms with Crippen molar-refractivity contribution in [1.82, 2.24) is 10.3 Å². The van der Waals surface area contributed by atoms with Gasteiger partial charge in [0.05, 0.1) is 15.0 Å². The maximum Gasteiger partial charge on any atom is 0.414 e. The summed E-state index contributed by atoms with van der Waals surface area (Å²) in [6.07, 6.45) is 0.568. The van der Waals surface area contributed by atoms with E-state index in [1.54, 1.807) is 34.6 Å². The first-order chi connectivity index (χ1) is 13.4. The summed E-state index contributed by atoms with van der Waals surface area (Å²) >= 11 is 0. The van der Waals surface area contributed by atoms with Crippen molar-refractivity contribution in [2.24, 2.45) is 9.36 Å². The van der Waals surface area contributed by atoms with Crippen LogP contribution in [0.4, 0.5) is 15.0 Å². The normalized spacial score (nSPS) is 34.8. The number of aromatic nitrogens is 1. The van der Waals surface area contributed by atoms with E-state index >= 15 is 4.39 Å². The van der Waals surface area contributed by atoms with Crippen LogP contribution in [0.25, 0.3) is 0 Å². The molecule has 1 amide bonds. The molecule has 3 aliphatic heterocycles. The third-order valence-corrected chi connectivity index (χ3v) is 9.58. The summed E-state index contributed by atoms with van der Waals surface area (Å²) in [7, 11) is -2.91. The molecule has 3 atom stereocenters. The average molecular weight is 424 g/mol. The van der Waals surface area contributed by atoms with E-state index in [-0.39, 0.29) is 11.5 Å². The van der Waals surface area contributed by atoms with Crippen molar-refractivity contribution in [1.29, 1.82) is 0 Å². The fourth-order valence-electron chi connectivity index (χ4n) is 4.35. The number of nitrogens with zero attached hydrogens (tertiary/aromatic N) is 3. The summed E-state index contributed by atoms with van der Waals surface area (Å²) < 4.78 is 38.2. The molecule has 4 heterocycles. The van der Waals surface area contributed by atoms with Crippen LogP contribution in [0, 0.1) is 5.82 Å². The second-order valence-electron chi connectivity index (χ2n) is 8.85. The molecule has 2 N–H and O–H groups in total. The van der Waals surface area contributed by atoms with Crippen molar-refractivity contribution in [2.45, 2.75) is 68.7 Å². The molecule has 0 aromatic carbocycles. The number of fused-ring (bicyclic) bond motifs is 6. The molecule has 0 fully saturated rings. The van der Waals surface area contributed by atoms with Crippen LogP contribution in [0.15, 0.2) is 21.5 Å². The molecule has 2 unspecified atom stereocenters. The first kappa shape index (κ1) is 20.1. The van der Waals surface area contributed by atoms with Crippen LogP contribution in [0.3, 0.4) is 0 Å². The molecular weight excluding hydrogens is 397 g/mol. The molecule has 8 nitrogen and oxygen atoms in total. The van der Waals surface area contributed by atoms with Crippen molar-refractivity contribution < 1.29 is 18.1 Å². The number of hydrogen-bond acceptors (Lipinski definition) is 7. The Kier molecular flexibility index (Phi) is 4.24. The molecule has 0 saturated carbocycles. The second kappa shape index (κ2) is 6.13. The van der Waals surface area contributed by atoms with Gasteiger partial charge in [-0.25, -0.2) is 22.7 Å². The smallest absolute Gasteiger partial charge is 0.414 e. The Morgan fingerprint density at radius 3 is 2.69 bits per heavy atom. The van der Waals surface area contributed by atoms with Crippen LogP contribution in [-0.2, 0) is 20.0 Å². The minimum atomic E-state index is -2.91. The Morgan fingerprint density at radius 1 is 1.24 bits per heavy atom. The number of nitrogens with one attached hydrogen (secondary N) is 2. The third kappa shape index (κ3) is 2.91. The predicted octanol–water partition coefficient (Wildman–Crippen LogP) is 3.14. The zero-order valence-corrected chi connectivity index (χ0v) is 18.0.